The van der Waals surface area contributed by atoms with E-state index in [2.05, 4.69) is 10.4 Å². The lowest BCUT2D eigenvalue weighted by Gasteiger charge is -2.15. The van der Waals surface area contributed by atoms with Gasteiger partial charge in [0.2, 0.25) is 0 Å². The van der Waals surface area contributed by atoms with Crippen molar-refractivity contribution in [2.45, 2.75) is 31.3 Å². The minimum absolute atomic E-state index is 0.356. The first-order chi connectivity index (χ1) is 17.4. The maximum atomic E-state index is 15.2. The SMILES string of the molecule is C[C@@H](OC(=O)Nc1c(-c2ccc(-c3ccc(C4(C=O)CC4)cc3)c(F)c2)cnn1C)c1ccccc1. The van der Waals surface area contributed by atoms with Crippen LogP contribution in [0.1, 0.15) is 37.0 Å². The largest absolute Gasteiger partial charge is 0.441 e. The molecule has 182 valence electrons. The quantitative estimate of drug-likeness (QED) is 0.307. The van der Waals surface area contributed by atoms with E-state index in [1.807, 2.05) is 54.6 Å². The van der Waals surface area contributed by atoms with Gasteiger partial charge in [0.05, 0.1) is 11.6 Å². The molecule has 0 bridgehead atoms. The molecule has 36 heavy (non-hydrogen) atoms. The number of aldehydes is 1. The number of hydrogen-bond acceptors (Lipinski definition) is 4. The Morgan fingerprint density at radius 2 is 1.75 bits per heavy atom. The first-order valence-electron chi connectivity index (χ1n) is 11.8. The Morgan fingerprint density at radius 3 is 2.39 bits per heavy atom. The number of aromatic nitrogens is 2. The van der Waals surface area contributed by atoms with Crippen molar-refractivity contribution in [2.75, 3.05) is 5.32 Å². The highest BCUT2D eigenvalue weighted by Crippen LogP contribution is 2.46. The molecular formula is C29H26FN3O3. The zero-order valence-electron chi connectivity index (χ0n) is 20.1. The number of aryl methyl sites for hydroxylation is 1. The molecule has 1 aromatic heterocycles. The van der Waals surface area contributed by atoms with Crippen molar-refractivity contribution in [3.63, 3.8) is 0 Å². The summed E-state index contributed by atoms with van der Waals surface area (Å²) in [6, 6.07) is 21.8. The summed E-state index contributed by atoms with van der Waals surface area (Å²) in [6.07, 6.45) is 3.24. The van der Waals surface area contributed by atoms with Gasteiger partial charge in [-0.1, -0.05) is 66.7 Å². The summed E-state index contributed by atoms with van der Waals surface area (Å²) < 4.78 is 22.2. The van der Waals surface area contributed by atoms with Crippen LogP contribution in [0.4, 0.5) is 15.0 Å². The van der Waals surface area contributed by atoms with Crippen molar-refractivity contribution in [2.24, 2.45) is 7.05 Å². The standard InChI is InChI=1S/C29H26FN3O3/c1-19(20-6-4-3-5-7-20)36-28(35)32-27-25(17-31-33(27)2)22-10-13-24(26(30)16-22)21-8-11-23(12-9-21)29(18-34)14-15-29/h3-13,16-19H,14-15H2,1-2H3,(H,32,35)/t19-/m1/s1. The minimum Gasteiger partial charge on any atom is -0.441 e. The van der Waals surface area contributed by atoms with Crippen LogP contribution >= 0.6 is 0 Å². The third kappa shape index (κ3) is 4.52. The summed E-state index contributed by atoms with van der Waals surface area (Å²) in [5.74, 6) is 0.00668. The zero-order chi connectivity index (χ0) is 25.3. The zero-order valence-corrected chi connectivity index (χ0v) is 20.1. The molecule has 0 saturated heterocycles. The summed E-state index contributed by atoms with van der Waals surface area (Å²) in [6.45, 7) is 1.79. The highest BCUT2D eigenvalue weighted by molar-refractivity contribution is 5.90. The molecule has 6 nitrogen and oxygen atoms in total. The molecule has 0 aliphatic heterocycles. The van der Waals surface area contributed by atoms with E-state index in [4.69, 9.17) is 4.74 Å². The van der Waals surface area contributed by atoms with Gasteiger partial charge in [0.1, 0.15) is 24.0 Å². The minimum atomic E-state index is -0.628. The molecule has 1 saturated carbocycles. The third-order valence-corrected chi connectivity index (χ3v) is 6.78. The third-order valence-electron chi connectivity index (χ3n) is 6.78. The molecule has 1 heterocycles. The molecule has 0 radical (unpaired) electrons. The monoisotopic (exact) mass is 483 g/mol. The molecule has 4 aromatic rings. The van der Waals surface area contributed by atoms with Gasteiger partial charge in [-0.15, -0.1) is 0 Å². The van der Waals surface area contributed by atoms with E-state index in [9.17, 15) is 9.59 Å². The van der Waals surface area contributed by atoms with Gasteiger partial charge in [0.15, 0.2) is 0 Å². The van der Waals surface area contributed by atoms with E-state index in [0.717, 1.165) is 35.8 Å². The molecule has 1 aliphatic carbocycles. The normalized spacial score (nSPS) is 14.6. The highest BCUT2D eigenvalue weighted by Gasteiger charge is 2.44. The predicted molar refractivity (Wildman–Crippen MR) is 136 cm³/mol. The van der Waals surface area contributed by atoms with Crippen LogP contribution in [0.5, 0.6) is 0 Å². The number of carbonyl (C=O) groups excluding carboxylic acids is 2. The van der Waals surface area contributed by atoms with Gasteiger partial charge in [-0.05, 0) is 48.1 Å². The Labute approximate surface area is 208 Å². The van der Waals surface area contributed by atoms with E-state index in [1.54, 1.807) is 32.3 Å². The Bertz CT molecular complexity index is 1410. The number of rotatable bonds is 7. The van der Waals surface area contributed by atoms with Crippen LogP contribution in [-0.4, -0.2) is 22.2 Å². The summed E-state index contributed by atoms with van der Waals surface area (Å²) in [5, 5.41) is 6.98. The molecule has 3 aromatic carbocycles. The molecule has 0 unspecified atom stereocenters. The van der Waals surface area contributed by atoms with Crippen LogP contribution in [-0.2, 0) is 22.0 Å². The molecule has 7 heteroatoms. The van der Waals surface area contributed by atoms with Gasteiger partial charge in [0, 0.05) is 18.2 Å². The Morgan fingerprint density at radius 1 is 1.06 bits per heavy atom. The van der Waals surface area contributed by atoms with Crippen LogP contribution < -0.4 is 5.32 Å². The lowest BCUT2D eigenvalue weighted by Crippen LogP contribution is -2.18. The van der Waals surface area contributed by atoms with Gasteiger partial charge in [0.25, 0.3) is 0 Å². The van der Waals surface area contributed by atoms with E-state index >= 15 is 4.39 Å². The van der Waals surface area contributed by atoms with Crippen molar-refractivity contribution in [3.05, 3.63) is 95.9 Å². The van der Waals surface area contributed by atoms with E-state index in [-0.39, 0.29) is 5.41 Å². The number of carbonyl (C=O) groups is 2. The lowest BCUT2D eigenvalue weighted by molar-refractivity contribution is -0.109. The molecular weight excluding hydrogens is 457 g/mol. The second kappa shape index (κ2) is 9.41. The van der Waals surface area contributed by atoms with Crippen molar-refractivity contribution in [3.8, 4) is 22.3 Å². The number of benzene rings is 3. The molecule has 1 amide bonds. The fourth-order valence-corrected chi connectivity index (χ4v) is 4.38. The molecule has 1 fully saturated rings. The fraction of sp³-hybridized carbons (Fsp3) is 0.207. The Hall–Kier alpha value is -4.26. The van der Waals surface area contributed by atoms with Crippen molar-refractivity contribution < 1.29 is 18.7 Å². The number of nitrogens with one attached hydrogen (secondary N) is 1. The van der Waals surface area contributed by atoms with Gasteiger partial charge < -0.3 is 9.53 Å². The van der Waals surface area contributed by atoms with Crippen LogP contribution in [0.3, 0.4) is 0 Å². The van der Waals surface area contributed by atoms with Gasteiger partial charge in [-0.3, -0.25) is 10.00 Å². The predicted octanol–water partition coefficient (Wildman–Crippen LogP) is 6.43. The number of ether oxygens (including phenoxy) is 1. The molecule has 5 rings (SSSR count). The topological polar surface area (TPSA) is 73.2 Å². The second-order valence-corrected chi connectivity index (χ2v) is 9.16. The van der Waals surface area contributed by atoms with Crippen molar-refractivity contribution in [1.82, 2.24) is 9.78 Å². The Balaban J connectivity index is 1.34. The average molecular weight is 484 g/mol. The lowest BCUT2D eigenvalue weighted by atomic mass is 9.94. The maximum absolute atomic E-state index is 15.2. The number of amides is 1. The van der Waals surface area contributed by atoms with Crippen LogP contribution in [0.15, 0.2) is 79.0 Å². The molecule has 1 atom stereocenters. The van der Waals surface area contributed by atoms with Crippen LogP contribution in [0.25, 0.3) is 22.3 Å². The highest BCUT2D eigenvalue weighted by atomic mass is 19.1. The van der Waals surface area contributed by atoms with E-state index in [1.165, 1.54) is 10.7 Å². The number of hydrogen-bond donors (Lipinski definition) is 1. The van der Waals surface area contributed by atoms with E-state index < -0.39 is 18.0 Å². The van der Waals surface area contributed by atoms with Crippen molar-refractivity contribution in [1.29, 1.82) is 0 Å². The van der Waals surface area contributed by atoms with E-state index in [0.29, 0.717) is 22.5 Å². The van der Waals surface area contributed by atoms with Crippen LogP contribution in [0.2, 0.25) is 0 Å². The maximum Gasteiger partial charge on any atom is 0.413 e. The first-order valence-corrected chi connectivity index (χ1v) is 11.8. The second-order valence-electron chi connectivity index (χ2n) is 9.16. The van der Waals surface area contributed by atoms with Crippen molar-refractivity contribution >= 4 is 18.2 Å². The molecule has 1 N–H and O–H groups in total. The summed E-state index contributed by atoms with van der Waals surface area (Å²) in [7, 11) is 1.69. The summed E-state index contributed by atoms with van der Waals surface area (Å²) in [4.78, 5) is 24.0. The summed E-state index contributed by atoms with van der Waals surface area (Å²) in [5.41, 5.74) is 3.82. The molecule has 0 spiro atoms. The van der Waals surface area contributed by atoms with Gasteiger partial charge >= 0.3 is 6.09 Å². The van der Waals surface area contributed by atoms with Gasteiger partial charge in [-0.2, -0.15) is 5.10 Å². The molecule has 1 aliphatic rings. The number of anilines is 1. The van der Waals surface area contributed by atoms with Gasteiger partial charge in [-0.25, -0.2) is 9.18 Å². The smallest absolute Gasteiger partial charge is 0.413 e. The fourth-order valence-electron chi connectivity index (χ4n) is 4.38. The Kier molecular flexibility index (Phi) is 6.14. The number of halogens is 1. The van der Waals surface area contributed by atoms with Crippen LogP contribution in [0, 0.1) is 5.82 Å². The first kappa shape index (κ1) is 23.5. The number of nitrogens with zero attached hydrogens (tertiary/aromatic N) is 2. The average Bonchev–Trinajstić information content (AvgIpc) is 3.62. The summed E-state index contributed by atoms with van der Waals surface area (Å²) >= 11 is 0.